The van der Waals surface area contributed by atoms with Gasteiger partial charge < -0.3 is 10.2 Å². The van der Waals surface area contributed by atoms with Gasteiger partial charge >= 0.3 is 0 Å². The van der Waals surface area contributed by atoms with Crippen molar-refractivity contribution in [1.82, 2.24) is 4.98 Å². The van der Waals surface area contributed by atoms with Gasteiger partial charge in [0, 0.05) is 30.7 Å². The Morgan fingerprint density at radius 3 is 2.75 bits per heavy atom. The van der Waals surface area contributed by atoms with Gasteiger partial charge in [-0.3, -0.25) is 4.98 Å². The first kappa shape index (κ1) is 13.0. The van der Waals surface area contributed by atoms with Crippen molar-refractivity contribution in [3.63, 3.8) is 0 Å². The van der Waals surface area contributed by atoms with E-state index in [0.29, 0.717) is 0 Å². The summed E-state index contributed by atoms with van der Waals surface area (Å²) in [6.07, 6.45) is 4.54. The molecule has 3 nitrogen and oxygen atoms in total. The molecule has 0 saturated carbocycles. The molecule has 104 valence electrons. The summed E-state index contributed by atoms with van der Waals surface area (Å²) in [5.74, 6) is 0. The second-order valence-electron chi connectivity index (χ2n) is 5.42. The minimum absolute atomic E-state index is 0.768. The van der Waals surface area contributed by atoms with Gasteiger partial charge in [0.1, 0.15) is 0 Å². The standard InChI is InChI=1S/C17H21N3/c1-14-7-8-16(18-12-14)13-19-15-5-4-6-17(11-15)20-9-2-3-10-20/h4-8,11-12,19H,2-3,9-10,13H2,1H3. The van der Waals surface area contributed by atoms with E-state index in [4.69, 9.17) is 0 Å². The second-order valence-corrected chi connectivity index (χ2v) is 5.42. The lowest BCUT2D eigenvalue weighted by atomic mass is 10.2. The largest absolute Gasteiger partial charge is 0.379 e. The van der Waals surface area contributed by atoms with Crippen molar-refractivity contribution in [2.75, 3.05) is 23.3 Å². The number of pyridine rings is 1. The zero-order chi connectivity index (χ0) is 13.8. The third-order valence-electron chi connectivity index (χ3n) is 3.76. The molecule has 2 aromatic rings. The molecule has 1 aliphatic heterocycles. The van der Waals surface area contributed by atoms with Crippen LogP contribution < -0.4 is 10.2 Å². The molecule has 3 heteroatoms. The third kappa shape index (κ3) is 3.10. The number of aromatic nitrogens is 1. The Hall–Kier alpha value is -2.03. The topological polar surface area (TPSA) is 28.2 Å². The maximum Gasteiger partial charge on any atom is 0.0594 e. The van der Waals surface area contributed by atoms with Crippen LogP contribution in [0.15, 0.2) is 42.6 Å². The molecule has 20 heavy (non-hydrogen) atoms. The second kappa shape index (κ2) is 5.95. The molecule has 1 aromatic heterocycles. The monoisotopic (exact) mass is 267 g/mol. The number of rotatable bonds is 4. The summed E-state index contributed by atoms with van der Waals surface area (Å²) in [6, 6.07) is 12.9. The van der Waals surface area contributed by atoms with E-state index in [1.54, 1.807) is 0 Å². The van der Waals surface area contributed by atoms with Gasteiger partial charge in [-0.1, -0.05) is 12.1 Å². The first-order valence-electron chi connectivity index (χ1n) is 7.32. The van der Waals surface area contributed by atoms with Gasteiger partial charge in [0.25, 0.3) is 0 Å². The normalized spacial score (nSPS) is 14.6. The summed E-state index contributed by atoms with van der Waals surface area (Å²) in [4.78, 5) is 6.87. The van der Waals surface area contributed by atoms with Crippen LogP contribution in [0.4, 0.5) is 11.4 Å². The van der Waals surface area contributed by atoms with E-state index in [0.717, 1.165) is 17.9 Å². The number of anilines is 2. The number of benzene rings is 1. The van der Waals surface area contributed by atoms with E-state index < -0.39 is 0 Å². The molecule has 1 N–H and O–H groups in total. The fraction of sp³-hybridized carbons (Fsp3) is 0.353. The molecule has 0 aliphatic carbocycles. The summed E-state index contributed by atoms with van der Waals surface area (Å²) in [7, 11) is 0. The van der Waals surface area contributed by atoms with E-state index >= 15 is 0 Å². The van der Waals surface area contributed by atoms with Crippen LogP contribution in [-0.4, -0.2) is 18.1 Å². The maximum absolute atomic E-state index is 4.42. The number of hydrogen-bond acceptors (Lipinski definition) is 3. The SMILES string of the molecule is Cc1ccc(CNc2cccc(N3CCCC3)c2)nc1. The lowest BCUT2D eigenvalue weighted by molar-refractivity contribution is 0.949. The highest BCUT2D eigenvalue weighted by Gasteiger charge is 2.12. The van der Waals surface area contributed by atoms with Crippen molar-refractivity contribution in [3.05, 3.63) is 53.9 Å². The predicted octanol–water partition coefficient (Wildman–Crippen LogP) is 3.60. The van der Waals surface area contributed by atoms with Crippen molar-refractivity contribution in [2.24, 2.45) is 0 Å². The Kier molecular flexibility index (Phi) is 3.86. The van der Waals surface area contributed by atoms with Crippen molar-refractivity contribution in [1.29, 1.82) is 0 Å². The Balaban J connectivity index is 1.65. The van der Waals surface area contributed by atoms with Crippen molar-refractivity contribution >= 4 is 11.4 Å². The van der Waals surface area contributed by atoms with E-state index in [1.165, 1.54) is 37.2 Å². The summed E-state index contributed by atoms with van der Waals surface area (Å²) in [6.45, 7) is 5.19. The number of nitrogens with one attached hydrogen (secondary N) is 1. The van der Waals surface area contributed by atoms with Crippen LogP contribution in [0.5, 0.6) is 0 Å². The Labute approximate surface area is 120 Å². The molecule has 3 rings (SSSR count). The minimum atomic E-state index is 0.768. The Morgan fingerprint density at radius 1 is 1.15 bits per heavy atom. The van der Waals surface area contributed by atoms with Crippen LogP contribution in [0.3, 0.4) is 0 Å². The van der Waals surface area contributed by atoms with Crippen LogP contribution in [-0.2, 0) is 6.54 Å². The molecular formula is C17H21N3. The molecule has 0 bridgehead atoms. The molecule has 1 fully saturated rings. The van der Waals surface area contributed by atoms with E-state index in [1.807, 2.05) is 6.20 Å². The van der Waals surface area contributed by atoms with Crippen molar-refractivity contribution < 1.29 is 0 Å². The van der Waals surface area contributed by atoms with Gasteiger partial charge in [-0.2, -0.15) is 0 Å². The Morgan fingerprint density at radius 2 is 2.00 bits per heavy atom. The highest BCUT2D eigenvalue weighted by molar-refractivity contribution is 5.58. The smallest absolute Gasteiger partial charge is 0.0594 e. The van der Waals surface area contributed by atoms with Crippen LogP contribution in [0.1, 0.15) is 24.1 Å². The third-order valence-corrected chi connectivity index (χ3v) is 3.76. The number of hydrogen-bond donors (Lipinski definition) is 1. The Bertz CT molecular complexity index is 557. The van der Waals surface area contributed by atoms with Crippen LogP contribution in [0.25, 0.3) is 0 Å². The molecule has 1 aliphatic rings. The van der Waals surface area contributed by atoms with Crippen LogP contribution in [0, 0.1) is 6.92 Å². The molecule has 0 radical (unpaired) electrons. The zero-order valence-corrected chi connectivity index (χ0v) is 12.0. The van der Waals surface area contributed by atoms with E-state index in [9.17, 15) is 0 Å². The average molecular weight is 267 g/mol. The van der Waals surface area contributed by atoms with E-state index in [-0.39, 0.29) is 0 Å². The van der Waals surface area contributed by atoms with Gasteiger partial charge in [0.05, 0.1) is 12.2 Å². The highest BCUT2D eigenvalue weighted by atomic mass is 15.1. The first-order valence-corrected chi connectivity index (χ1v) is 7.32. The minimum Gasteiger partial charge on any atom is -0.379 e. The van der Waals surface area contributed by atoms with Gasteiger partial charge in [-0.15, -0.1) is 0 Å². The average Bonchev–Trinajstić information content (AvgIpc) is 3.01. The summed E-state index contributed by atoms with van der Waals surface area (Å²) in [5.41, 5.74) is 4.76. The summed E-state index contributed by atoms with van der Waals surface area (Å²) < 4.78 is 0. The van der Waals surface area contributed by atoms with Crippen molar-refractivity contribution in [2.45, 2.75) is 26.3 Å². The van der Waals surface area contributed by atoms with Crippen LogP contribution in [0.2, 0.25) is 0 Å². The van der Waals surface area contributed by atoms with Crippen LogP contribution >= 0.6 is 0 Å². The summed E-state index contributed by atoms with van der Waals surface area (Å²) in [5, 5.41) is 3.46. The van der Waals surface area contributed by atoms with Crippen molar-refractivity contribution in [3.8, 4) is 0 Å². The first-order chi connectivity index (χ1) is 9.81. The molecule has 0 unspecified atom stereocenters. The molecule has 0 spiro atoms. The molecule has 1 aromatic carbocycles. The zero-order valence-electron chi connectivity index (χ0n) is 12.0. The quantitative estimate of drug-likeness (QED) is 0.917. The summed E-state index contributed by atoms with van der Waals surface area (Å²) >= 11 is 0. The van der Waals surface area contributed by atoms with E-state index in [2.05, 4.69) is 58.5 Å². The van der Waals surface area contributed by atoms with Gasteiger partial charge in [0.15, 0.2) is 0 Å². The van der Waals surface area contributed by atoms with Gasteiger partial charge in [-0.25, -0.2) is 0 Å². The fourth-order valence-corrected chi connectivity index (χ4v) is 2.58. The predicted molar refractivity (Wildman–Crippen MR) is 84.2 cm³/mol. The molecular weight excluding hydrogens is 246 g/mol. The molecule has 2 heterocycles. The molecule has 1 saturated heterocycles. The maximum atomic E-state index is 4.42. The molecule has 0 amide bonds. The van der Waals surface area contributed by atoms with Gasteiger partial charge in [-0.05, 0) is 49.6 Å². The lowest BCUT2D eigenvalue weighted by Gasteiger charge is -2.18. The highest BCUT2D eigenvalue weighted by Crippen LogP contribution is 2.23. The number of aryl methyl sites for hydroxylation is 1. The lowest BCUT2D eigenvalue weighted by Crippen LogP contribution is -2.17. The fourth-order valence-electron chi connectivity index (χ4n) is 2.58. The van der Waals surface area contributed by atoms with Gasteiger partial charge in [0.2, 0.25) is 0 Å². The molecule has 0 atom stereocenters. The number of nitrogens with zero attached hydrogens (tertiary/aromatic N) is 2.